The number of likely N-dealkylation sites (tertiary alicyclic amines) is 1. The van der Waals surface area contributed by atoms with E-state index in [0.717, 1.165) is 11.1 Å². The summed E-state index contributed by atoms with van der Waals surface area (Å²) >= 11 is 0. The zero-order chi connectivity index (χ0) is 26.5. The molecule has 0 saturated carbocycles. The van der Waals surface area contributed by atoms with Crippen molar-refractivity contribution >= 4 is 11.7 Å². The highest BCUT2D eigenvalue weighted by molar-refractivity contribution is 5.91. The minimum Gasteiger partial charge on any atom is -0.457 e. The first-order valence-electron chi connectivity index (χ1n) is 12.4. The van der Waals surface area contributed by atoms with Crippen LogP contribution in [0.4, 0.5) is 8.78 Å². The quantitative estimate of drug-likeness (QED) is 0.325. The van der Waals surface area contributed by atoms with Crippen molar-refractivity contribution in [1.82, 2.24) is 19.9 Å². The lowest BCUT2D eigenvalue weighted by atomic mass is 9.94. The van der Waals surface area contributed by atoms with E-state index < -0.39 is 6.04 Å². The molecule has 9 heteroatoms. The standard InChI is InChI=1S/C29H26F2N4O3/c30-23-6-10-26(11-7-23)38-25-8-4-20(5-9-25)17-28(36)27-16-22(14-21-2-1-3-24(31)15-21)18-34(27)29(37)19-35-32-12-13-33-35/h1-13,15,22,27H,14,16-19H2/t22-,27+/m1/s1. The van der Waals surface area contributed by atoms with Gasteiger partial charge in [0.2, 0.25) is 5.91 Å². The van der Waals surface area contributed by atoms with Gasteiger partial charge >= 0.3 is 0 Å². The number of rotatable bonds is 9. The van der Waals surface area contributed by atoms with Gasteiger partial charge in [-0.1, -0.05) is 24.3 Å². The Kier molecular flexibility index (Phi) is 7.53. The van der Waals surface area contributed by atoms with Gasteiger partial charge < -0.3 is 9.64 Å². The van der Waals surface area contributed by atoms with Gasteiger partial charge in [-0.2, -0.15) is 15.0 Å². The summed E-state index contributed by atoms with van der Waals surface area (Å²) in [4.78, 5) is 29.5. The number of benzene rings is 3. The molecule has 1 aliphatic heterocycles. The Morgan fingerprint density at radius 2 is 1.55 bits per heavy atom. The minimum atomic E-state index is -0.591. The molecule has 194 valence electrons. The molecule has 0 N–H and O–H groups in total. The summed E-state index contributed by atoms with van der Waals surface area (Å²) in [5.41, 5.74) is 1.62. The van der Waals surface area contributed by atoms with Crippen molar-refractivity contribution in [3.63, 3.8) is 0 Å². The van der Waals surface area contributed by atoms with Gasteiger partial charge in [0, 0.05) is 13.0 Å². The monoisotopic (exact) mass is 516 g/mol. The number of ketones is 1. The molecule has 1 amide bonds. The third kappa shape index (κ3) is 6.29. The molecular formula is C29H26F2N4O3. The van der Waals surface area contributed by atoms with E-state index in [1.165, 1.54) is 53.6 Å². The normalized spacial score (nSPS) is 16.9. The van der Waals surface area contributed by atoms with Crippen LogP contribution < -0.4 is 4.74 Å². The summed E-state index contributed by atoms with van der Waals surface area (Å²) in [6.07, 6.45) is 4.21. The van der Waals surface area contributed by atoms with E-state index in [0.29, 0.717) is 30.9 Å². The first-order valence-corrected chi connectivity index (χ1v) is 12.4. The van der Waals surface area contributed by atoms with Gasteiger partial charge in [0.15, 0.2) is 5.78 Å². The number of nitrogens with zero attached hydrogens (tertiary/aromatic N) is 4. The van der Waals surface area contributed by atoms with Crippen LogP contribution in [0, 0.1) is 17.6 Å². The number of aromatic nitrogens is 3. The number of amides is 1. The summed E-state index contributed by atoms with van der Waals surface area (Å²) in [6.45, 7) is 0.344. The van der Waals surface area contributed by atoms with Gasteiger partial charge in [0.05, 0.1) is 18.4 Å². The molecule has 0 bridgehead atoms. The highest BCUT2D eigenvalue weighted by Gasteiger charge is 2.39. The van der Waals surface area contributed by atoms with Crippen LogP contribution >= 0.6 is 0 Å². The van der Waals surface area contributed by atoms with Gasteiger partial charge in [0.25, 0.3) is 0 Å². The van der Waals surface area contributed by atoms with E-state index in [4.69, 9.17) is 4.74 Å². The number of ether oxygens (including phenoxy) is 1. The van der Waals surface area contributed by atoms with Gasteiger partial charge in [-0.25, -0.2) is 8.78 Å². The van der Waals surface area contributed by atoms with Gasteiger partial charge in [-0.05, 0) is 78.4 Å². The fraction of sp³-hybridized carbons (Fsp3) is 0.241. The third-order valence-corrected chi connectivity index (χ3v) is 6.59. The highest BCUT2D eigenvalue weighted by atomic mass is 19.1. The molecule has 3 aromatic carbocycles. The second kappa shape index (κ2) is 11.3. The van der Waals surface area contributed by atoms with Crippen molar-refractivity contribution in [3.05, 3.63) is 108 Å². The van der Waals surface area contributed by atoms with Crippen LogP contribution in [-0.2, 0) is 29.0 Å². The van der Waals surface area contributed by atoms with Crippen molar-refractivity contribution in [3.8, 4) is 11.5 Å². The number of hydrogen-bond acceptors (Lipinski definition) is 5. The fourth-order valence-corrected chi connectivity index (χ4v) is 4.82. The van der Waals surface area contributed by atoms with Gasteiger partial charge in [-0.15, -0.1) is 0 Å². The number of Topliss-reactive ketones (excluding diaryl/α,β-unsaturated/α-hetero) is 1. The van der Waals surface area contributed by atoms with Crippen molar-refractivity contribution in [2.24, 2.45) is 5.92 Å². The molecule has 4 aromatic rings. The van der Waals surface area contributed by atoms with Crippen molar-refractivity contribution < 1.29 is 23.1 Å². The highest BCUT2D eigenvalue weighted by Crippen LogP contribution is 2.29. The maximum atomic E-state index is 13.7. The first-order chi connectivity index (χ1) is 18.4. The Balaban J connectivity index is 1.27. The lowest BCUT2D eigenvalue weighted by Gasteiger charge is -2.23. The molecule has 1 aromatic heterocycles. The second-order valence-corrected chi connectivity index (χ2v) is 9.40. The lowest BCUT2D eigenvalue weighted by Crippen LogP contribution is -2.43. The van der Waals surface area contributed by atoms with Crippen molar-refractivity contribution in [1.29, 1.82) is 0 Å². The number of carbonyl (C=O) groups excluding carboxylic acids is 2. The average molecular weight is 517 g/mol. The van der Waals surface area contributed by atoms with E-state index in [-0.39, 0.29) is 42.2 Å². The van der Waals surface area contributed by atoms with Crippen molar-refractivity contribution in [2.45, 2.75) is 31.8 Å². The second-order valence-electron chi connectivity index (χ2n) is 9.40. The molecule has 1 fully saturated rings. The van der Waals surface area contributed by atoms with Crippen LogP contribution in [0.2, 0.25) is 0 Å². The molecule has 38 heavy (non-hydrogen) atoms. The number of hydrogen-bond donors (Lipinski definition) is 0. The molecule has 7 nitrogen and oxygen atoms in total. The molecule has 0 unspecified atom stereocenters. The van der Waals surface area contributed by atoms with E-state index in [2.05, 4.69) is 10.2 Å². The third-order valence-electron chi connectivity index (χ3n) is 6.59. The van der Waals surface area contributed by atoms with Crippen LogP contribution in [0.5, 0.6) is 11.5 Å². The zero-order valence-corrected chi connectivity index (χ0v) is 20.5. The smallest absolute Gasteiger partial charge is 0.246 e. The number of halogens is 2. The Bertz CT molecular complexity index is 1390. The summed E-state index contributed by atoms with van der Waals surface area (Å²) in [5, 5.41) is 8.01. The summed E-state index contributed by atoms with van der Waals surface area (Å²) in [5.74, 6) is 0.137. The van der Waals surface area contributed by atoms with Crippen molar-refractivity contribution in [2.75, 3.05) is 6.54 Å². The first kappa shape index (κ1) is 25.3. The number of carbonyl (C=O) groups is 2. The zero-order valence-electron chi connectivity index (χ0n) is 20.5. The topological polar surface area (TPSA) is 77.3 Å². The molecule has 0 aliphatic carbocycles. The van der Waals surface area contributed by atoms with Crippen LogP contribution in [-0.4, -0.2) is 44.2 Å². The lowest BCUT2D eigenvalue weighted by molar-refractivity contribution is -0.138. The van der Waals surface area contributed by atoms with Crippen LogP contribution in [0.1, 0.15) is 17.5 Å². The van der Waals surface area contributed by atoms with Crippen LogP contribution in [0.3, 0.4) is 0 Å². The van der Waals surface area contributed by atoms with Gasteiger partial charge in [-0.3, -0.25) is 9.59 Å². The minimum absolute atomic E-state index is 0.0202. The predicted octanol–water partition coefficient (Wildman–Crippen LogP) is 4.62. The maximum Gasteiger partial charge on any atom is 0.246 e. The summed E-state index contributed by atoms with van der Waals surface area (Å²) in [6, 6.07) is 18.6. The Morgan fingerprint density at radius 3 is 2.24 bits per heavy atom. The van der Waals surface area contributed by atoms with E-state index >= 15 is 0 Å². The Morgan fingerprint density at radius 1 is 0.868 bits per heavy atom. The van der Waals surface area contributed by atoms with E-state index in [9.17, 15) is 18.4 Å². The largest absolute Gasteiger partial charge is 0.457 e. The molecule has 0 spiro atoms. The SMILES string of the molecule is O=C(Cc1ccc(Oc2ccc(F)cc2)cc1)[C@@H]1C[C@@H](Cc2cccc(F)c2)CN1C(=O)Cn1nccn1. The van der Waals surface area contributed by atoms with E-state index in [1.807, 2.05) is 6.07 Å². The molecule has 1 saturated heterocycles. The average Bonchev–Trinajstić information content (AvgIpc) is 3.57. The molecule has 2 heterocycles. The van der Waals surface area contributed by atoms with E-state index in [1.54, 1.807) is 35.2 Å². The fourth-order valence-electron chi connectivity index (χ4n) is 4.82. The summed E-state index contributed by atoms with van der Waals surface area (Å²) in [7, 11) is 0. The molecule has 2 atom stereocenters. The Hall–Kier alpha value is -4.40. The maximum absolute atomic E-state index is 13.7. The predicted molar refractivity (Wildman–Crippen MR) is 135 cm³/mol. The van der Waals surface area contributed by atoms with Gasteiger partial charge in [0.1, 0.15) is 29.7 Å². The molecule has 0 radical (unpaired) electrons. The van der Waals surface area contributed by atoms with Crippen LogP contribution in [0.15, 0.2) is 85.2 Å². The molecule has 1 aliphatic rings. The molecular weight excluding hydrogens is 490 g/mol. The molecule has 5 rings (SSSR count). The Labute approximate surface area is 218 Å². The van der Waals surface area contributed by atoms with Crippen LogP contribution in [0.25, 0.3) is 0 Å². The summed E-state index contributed by atoms with van der Waals surface area (Å²) < 4.78 is 32.6.